The van der Waals surface area contributed by atoms with Gasteiger partial charge in [0.1, 0.15) is 5.03 Å². The molecule has 4 heteroatoms. The quantitative estimate of drug-likeness (QED) is 0.571. The third-order valence-corrected chi connectivity index (χ3v) is 3.31. The highest BCUT2D eigenvalue weighted by atomic mass is 32.2. The number of hydrogen-bond donors (Lipinski definition) is 1. The van der Waals surface area contributed by atoms with Crippen LogP contribution in [0.25, 0.3) is 0 Å². The number of unbranched alkanes of at least 4 members (excludes halogenated alkanes) is 1. The summed E-state index contributed by atoms with van der Waals surface area (Å²) in [6.45, 7) is 2.22. The standard InChI is InChI=1S/C11H19N3S/c1-10(12-2)5-3-4-8-15-11-9-13-6-7-14-11/h6-7,9-10,12H,3-5,8H2,1-2H3. The van der Waals surface area contributed by atoms with E-state index in [0.29, 0.717) is 6.04 Å². The summed E-state index contributed by atoms with van der Waals surface area (Å²) in [5, 5.41) is 4.27. The predicted molar refractivity (Wildman–Crippen MR) is 65.1 cm³/mol. The van der Waals surface area contributed by atoms with Crippen molar-refractivity contribution in [3.63, 3.8) is 0 Å². The maximum absolute atomic E-state index is 4.22. The number of aromatic nitrogens is 2. The van der Waals surface area contributed by atoms with Crippen LogP contribution in [0.2, 0.25) is 0 Å². The van der Waals surface area contributed by atoms with Gasteiger partial charge in [0.25, 0.3) is 0 Å². The van der Waals surface area contributed by atoms with E-state index in [-0.39, 0.29) is 0 Å². The van der Waals surface area contributed by atoms with E-state index in [9.17, 15) is 0 Å². The van der Waals surface area contributed by atoms with Gasteiger partial charge in [0.2, 0.25) is 0 Å². The molecule has 1 rings (SSSR count). The fourth-order valence-corrected chi connectivity index (χ4v) is 2.06. The molecule has 0 aliphatic rings. The van der Waals surface area contributed by atoms with Gasteiger partial charge in [-0.1, -0.05) is 6.42 Å². The molecule has 0 aliphatic carbocycles. The Morgan fingerprint density at radius 1 is 1.40 bits per heavy atom. The Morgan fingerprint density at radius 2 is 2.27 bits per heavy atom. The summed E-state index contributed by atoms with van der Waals surface area (Å²) in [5.41, 5.74) is 0. The molecule has 0 radical (unpaired) electrons. The molecule has 1 atom stereocenters. The molecule has 0 aromatic carbocycles. The van der Waals surface area contributed by atoms with Gasteiger partial charge in [-0.3, -0.25) is 4.98 Å². The predicted octanol–water partition coefficient (Wildman–Crippen LogP) is 2.35. The number of nitrogens with zero attached hydrogens (tertiary/aromatic N) is 2. The van der Waals surface area contributed by atoms with E-state index in [0.717, 1.165) is 10.8 Å². The van der Waals surface area contributed by atoms with Crippen LogP contribution in [0.5, 0.6) is 0 Å². The lowest BCUT2D eigenvalue weighted by Crippen LogP contribution is -2.20. The van der Waals surface area contributed by atoms with Crippen LogP contribution in [-0.2, 0) is 0 Å². The second-order valence-corrected chi connectivity index (χ2v) is 4.69. The minimum absolute atomic E-state index is 0.631. The Labute approximate surface area is 96.1 Å². The van der Waals surface area contributed by atoms with Crippen LogP contribution in [0, 0.1) is 0 Å². The van der Waals surface area contributed by atoms with Gasteiger partial charge < -0.3 is 5.32 Å². The normalized spacial score (nSPS) is 12.7. The van der Waals surface area contributed by atoms with Gasteiger partial charge in [0, 0.05) is 18.4 Å². The molecule has 0 aliphatic heterocycles. The Bertz CT molecular complexity index is 253. The molecule has 84 valence electrons. The van der Waals surface area contributed by atoms with Gasteiger partial charge in [-0.15, -0.1) is 11.8 Å². The van der Waals surface area contributed by atoms with E-state index in [1.807, 2.05) is 13.2 Å². The number of thioether (sulfide) groups is 1. The van der Waals surface area contributed by atoms with Crippen LogP contribution < -0.4 is 5.32 Å². The molecule has 1 N–H and O–H groups in total. The van der Waals surface area contributed by atoms with Crippen LogP contribution >= 0.6 is 11.8 Å². The van der Waals surface area contributed by atoms with Gasteiger partial charge in [0.05, 0.1) is 6.20 Å². The maximum atomic E-state index is 4.22. The smallest absolute Gasteiger partial charge is 0.114 e. The molecule has 1 unspecified atom stereocenters. The van der Waals surface area contributed by atoms with Gasteiger partial charge in [-0.2, -0.15) is 0 Å². The maximum Gasteiger partial charge on any atom is 0.114 e. The highest BCUT2D eigenvalue weighted by Crippen LogP contribution is 2.15. The average molecular weight is 225 g/mol. The van der Waals surface area contributed by atoms with Crippen LogP contribution in [-0.4, -0.2) is 28.8 Å². The van der Waals surface area contributed by atoms with E-state index >= 15 is 0 Å². The Kier molecular flexibility index (Phi) is 6.36. The Hall–Kier alpha value is -0.610. The topological polar surface area (TPSA) is 37.8 Å². The van der Waals surface area contributed by atoms with Crippen molar-refractivity contribution in [2.24, 2.45) is 0 Å². The molecule has 1 aromatic heterocycles. The summed E-state index contributed by atoms with van der Waals surface area (Å²) >= 11 is 1.79. The molecule has 1 heterocycles. The Balaban J connectivity index is 2.03. The zero-order chi connectivity index (χ0) is 10.9. The van der Waals surface area contributed by atoms with Gasteiger partial charge in [-0.25, -0.2) is 4.98 Å². The van der Waals surface area contributed by atoms with Crippen molar-refractivity contribution < 1.29 is 0 Å². The van der Waals surface area contributed by atoms with Crippen molar-refractivity contribution in [3.8, 4) is 0 Å². The molecule has 0 bridgehead atoms. The van der Waals surface area contributed by atoms with Gasteiger partial charge >= 0.3 is 0 Å². The van der Waals surface area contributed by atoms with Crippen LogP contribution in [0.1, 0.15) is 26.2 Å². The van der Waals surface area contributed by atoms with Crippen molar-refractivity contribution in [3.05, 3.63) is 18.6 Å². The first-order valence-corrected chi connectivity index (χ1v) is 6.37. The minimum Gasteiger partial charge on any atom is -0.317 e. The number of hydrogen-bond acceptors (Lipinski definition) is 4. The largest absolute Gasteiger partial charge is 0.317 e. The summed E-state index contributed by atoms with van der Waals surface area (Å²) in [6.07, 6.45) is 9.03. The second-order valence-electron chi connectivity index (χ2n) is 3.58. The average Bonchev–Trinajstić information content (AvgIpc) is 2.29. The molecule has 0 saturated carbocycles. The zero-order valence-corrected chi connectivity index (χ0v) is 10.3. The summed E-state index contributed by atoms with van der Waals surface area (Å²) in [7, 11) is 2.01. The Morgan fingerprint density at radius 3 is 2.93 bits per heavy atom. The molecule has 0 saturated heterocycles. The number of nitrogens with one attached hydrogen (secondary N) is 1. The van der Waals surface area contributed by atoms with Gasteiger partial charge in [-0.05, 0) is 32.6 Å². The summed E-state index contributed by atoms with van der Waals surface area (Å²) in [4.78, 5) is 8.25. The first-order chi connectivity index (χ1) is 7.33. The highest BCUT2D eigenvalue weighted by molar-refractivity contribution is 7.99. The third-order valence-electron chi connectivity index (χ3n) is 2.31. The first kappa shape index (κ1) is 12.5. The monoisotopic (exact) mass is 225 g/mol. The van der Waals surface area contributed by atoms with Crippen LogP contribution in [0.15, 0.2) is 23.6 Å². The molecular weight excluding hydrogens is 206 g/mol. The molecule has 0 amide bonds. The lowest BCUT2D eigenvalue weighted by Gasteiger charge is -2.08. The molecule has 1 aromatic rings. The molecule has 0 spiro atoms. The highest BCUT2D eigenvalue weighted by Gasteiger charge is 1.98. The fourth-order valence-electron chi connectivity index (χ4n) is 1.23. The summed E-state index contributed by atoms with van der Waals surface area (Å²) in [6, 6.07) is 0.631. The molecule has 0 fully saturated rings. The zero-order valence-electron chi connectivity index (χ0n) is 9.44. The van der Waals surface area contributed by atoms with Crippen molar-refractivity contribution in [2.75, 3.05) is 12.8 Å². The SMILES string of the molecule is CNC(C)CCCCSc1cnccn1. The molecular formula is C11H19N3S. The fraction of sp³-hybridized carbons (Fsp3) is 0.636. The lowest BCUT2D eigenvalue weighted by molar-refractivity contribution is 0.539. The van der Waals surface area contributed by atoms with Crippen LogP contribution in [0.3, 0.4) is 0 Å². The van der Waals surface area contributed by atoms with Crippen LogP contribution in [0.4, 0.5) is 0 Å². The van der Waals surface area contributed by atoms with E-state index in [4.69, 9.17) is 0 Å². The first-order valence-electron chi connectivity index (χ1n) is 5.39. The van der Waals surface area contributed by atoms with E-state index in [2.05, 4.69) is 22.2 Å². The van der Waals surface area contributed by atoms with Crippen molar-refractivity contribution >= 4 is 11.8 Å². The third kappa shape index (κ3) is 5.74. The van der Waals surface area contributed by atoms with E-state index < -0.39 is 0 Å². The van der Waals surface area contributed by atoms with E-state index in [1.165, 1.54) is 19.3 Å². The minimum atomic E-state index is 0.631. The summed E-state index contributed by atoms with van der Waals surface area (Å²) < 4.78 is 0. The number of rotatable bonds is 7. The van der Waals surface area contributed by atoms with E-state index in [1.54, 1.807) is 24.2 Å². The van der Waals surface area contributed by atoms with Crippen molar-refractivity contribution in [1.82, 2.24) is 15.3 Å². The van der Waals surface area contributed by atoms with Gasteiger partial charge in [0.15, 0.2) is 0 Å². The second kappa shape index (κ2) is 7.65. The lowest BCUT2D eigenvalue weighted by atomic mass is 10.1. The van der Waals surface area contributed by atoms with Crippen molar-refractivity contribution in [2.45, 2.75) is 37.3 Å². The summed E-state index contributed by atoms with van der Waals surface area (Å²) in [5.74, 6) is 1.13. The molecule has 3 nitrogen and oxygen atoms in total. The molecule has 15 heavy (non-hydrogen) atoms. The van der Waals surface area contributed by atoms with Crippen molar-refractivity contribution in [1.29, 1.82) is 0 Å².